The minimum Gasteiger partial charge on any atom is -0.586 e. The van der Waals surface area contributed by atoms with E-state index in [0.29, 0.717) is 6.54 Å². The van der Waals surface area contributed by atoms with Crippen LogP contribution in [0.4, 0.5) is 10.5 Å². The van der Waals surface area contributed by atoms with Crippen LogP contribution < -0.4 is 10.0 Å². The second-order valence-corrected chi connectivity index (χ2v) is 10.5. The molecule has 2 aliphatic rings. The Morgan fingerprint density at radius 1 is 1.22 bits per heavy atom. The van der Waals surface area contributed by atoms with Crippen LogP contribution in [0.15, 0.2) is 41.6 Å². The van der Waals surface area contributed by atoms with Crippen LogP contribution in [0.3, 0.4) is 0 Å². The Hall–Kier alpha value is -3.12. The topological polar surface area (TPSA) is 133 Å². The highest BCUT2D eigenvalue weighted by Crippen LogP contribution is 2.46. The third kappa shape index (κ3) is 4.11. The van der Waals surface area contributed by atoms with Gasteiger partial charge in [0, 0.05) is 35.6 Å². The second kappa shape index (κ2) is 9.40. The fraction of sp³-hybridized carbons (Fsp3) is 0.333. The number of rotatable bonds is 6. The predicted octanol–water partition coefficient (Wildman–Crippen LogP) is 3.03. The van der Waals surface area contributed by atoms with Crippen LogP contribution in [0.5, 0.6) is 0 Å². The van der Waals surface area contributed by atoms with E-state index in [0.717, 1.165) is 60.0 Å². The summed E-state index contributed by atoms with van der Waals surface area (Å²) in [5, 5.41) is 24.5. The van der Waals surface area contributed by atoms with Crippen molar-refractivity contribution in [2.45, 2.75) is 49.6 Å². The van der Waals surface area contributed by atoms with Crippen LogP contribution in [0.25, 0.3) is 11.0 Å². The molecule has 2 aromatic heterocycles. The molecule has 2 amide bonds. The maximum atomic E-state index is 12.9. The van der Waals surface area contributed by atoms with Crippen molar-refractivity contribution in [1.29, 1.82) is 0 Å². The standard InChI is InChI=1S/C24H24ClN7O3S/c25-32-21-7-4-15(13-20(21)27-30-32)16-5-6-18-19(16)12-14-2-1-3-17(14)23(18)26-24(34)29-36(35)22-8-9-31(28-22)10-11-33/h4,7-9,12-13,16,33H,1-3,5-6,10-11H2,(H2,26,29,34). The molecule has 0 bridgehead atoms. The molecule has 2 atom stereocenters. The molecule has 0 fully saturated rings. The van der Waals surface area contributed by atoms with Gasteiger partial charge in [-0.1, -0.05) is 12.1 Å². The molecule has 2 unspecified atom stereocenters. The summed E-state index contributed by atoms with van der Waals surface area (Å²) in [6.07, 6.45) is 6.28. The van der Waals surface area contributed by atoms with Gasteiger partial charge in [0.2, 0.25) is 0 Å². The molecule has 3 N–H and O–H groups in total. The third-order valence-electron chi connectivity index (χ3n) is 6.99. The Bertz CT molecular complexity index is 1470. The smallest absolute Gasteiger partial charge is 0.361 e. The number of anilines is 1. The number of carbonyl (C=O) groups excluding carboxylic acids is 1. The number of fused-ring (bicyclic) bond motifs is 3. The molecular formula is C24H24ClN7O3S. The first kappa shape index (κ1) is 23.3. The molecule has 0 spiro atoms. The quantitative estimate of drug-likeness (QED) is 0.331. The molecule has 12 heteroatoms. The zero-order valence-electron chi connectivity index (χ0n) is 19.3. The average Bonchev–Trinajstić information content (AvgIpc) is 3.65. The molecule has 186 valence electrons. The molecule has 2 aromatic carbocycles. The van der Waals surface area contributed by atoms with Gasteiger partial charge in [0.05, 0.1) is 13.2 Å². The number of aliphatic hydroxyl groups is 1. The van der Waals surface area contributed by atoms with E-state index in [9.17, 15) is 9.35 Å². The maximum absolute atomic E-state index is 12.9. The van der Waals surface area contributed by atoms with Crippen LogP contribution in [0.1, 0.15) is 46.6 Å². The summed E-state index contributed by atoms with van der Waals surface area (Å²) in [6, 6.07) is 9.37. The molecule has 2 heterocycles. The van der Waals surface area contributed by atoms with Gasteiger partial charge < -0.3 is 15.0 Å². The lowest BCUT2D eigenvalue weighted by atomic mass is 9.90. The fourth-order valence-corrected chi connectivity index (χ4v) is 6.27. The Labute approximate surface area is 215 Å². The van der Waals surface area contributed by atoms with E-state index in [2.05, 4.69) is 37.6 Å². The molecule has 6 rings (SSSR count). The van der Waals surface area contributed by atoms with E-state index in [1.165, 1.54) is 25.6 Å². The zero-order chi connectivity index (χ0) is 24.8. The summed E-state index contributed by atoms with van der Waals surface area (Å²) in [4.78, 5) is 12.9. The fourth-order valence-electron chi connectivity index (χ4n) is 5.41. The van der Waals surface area contributed by atoms with E-state index in [1.54, 1.807) is 12.3 Å². The van der Waals surface area contributed by atoms with Crippen molar-refractivity contribution in [2.75, 3.05) is 11.9 Å². The van der Waals surface area contributed by atoms with Crippen LogP contribution in [-0.4, -0.2) is 46.6 Å². The van der Waals surface area contributed by atoms with Crippen molar-refractivity contribution < 1.29 is 14.5 Å². The summed E-state index contributed by atoms with van der Waals surface area (Å²) >= 11 is 4.23. The minimum atomic E-state index is -1.82. The Morgan fingerprint density at radius 2 is 2.11 bits per heavy atom. The van der Waals surface area contributed by atoms with Crippen LogP contribution in [0, 0.1) is 0 Å². The molecule has 0 saturated carbocycles. The molecular weight excluding hydrogens is 502 g/mol. The number of amides is 2. The van der Waals surface area contributed by atoms with Gasteiger partial charge in [-0.05, 0) is 77.3 Å². The minimum absolute atomic E-state index is 0.0758. The highest BCUT2D eigenvalue weighted by molar-refractivity contribution is 7.90. The Balaban J connectivity index is 1.27. The number of urea groups is 1. The molecule has 2 aliphatic carbocycles. The highest BCUT2D eigenvalue weighted by atomic mass is 35.5. The highest BCUT2D eigenvalue weighted by Gasteiger charge is 2.32. The van der Waals surface area contributed by atoms with Crippen molar-refractivity contribution in [2.24, 2.45) is 0 Å². The van der Waals surface area contributed by atoms with Gasteiger partial charge in [0.25, 0.3) is 5.03 Å². The molecule has 36 heavy (non-hydrogen) atoms. The predicted molar refractivity (Wildman–Crippen MR) is 135 cm³/mol. The van der Waals surface area contributed by atoms with Gasteiger partial charge in [0.15, 0.2) is 0 Å². The van der Waals surface area contributed by atoms with E-state index in [4.69, 9.17) is 16.9 Å². The van der Waals surface area contributed by atoms with Crippen molar-refractivity contribution in [1.82, 2.24) is 29.0 Å². The van der Waals surface area contributed by atoms with E-state index >= 15 is 0 Å². The number of nitrogens with one attached hydrogen (secondary N) is 2. The van der Waals surface area contributed by atoms with Crippen molar-refractivity contribution in [3.63, 3.8) is 0 Å². The van der Waals surface area contributed by atoms with Gasteiger partial charge in [-0.2, -0.15) is 4.20 Å². The lowest BCUT2D eigenvalue weighted by Crippen LogP contribution is -2.35. The number of nitrogens with zero attached hydrogens (tertiary/aromatic N) is 5. The summed E-state index contributed by atoms with van der Waals surface area (Å²) in [7, 11) is 0. The van der Waals surface area contributed by atoms with Crippen molar-refractivity contribution >= 4 is 45.9 Å². The molecule has 10 nitrogen and oxygen atoms in total. The van der Waals surface area contributed by atoms with Crippen LogP contribution >= 0.6 is 11.8 Å². The first-order valence-corrected chi connectivity index (χ1v) is 13.3. The number of aromatic nitrogens is 5. The van der Waals surface area contributed by atoms with E-state index in [1.807, 2.05) is 12.1 Å². The monoisotopic (exact) mass is 525 g/mol. The number of carbonyl (C=O) groups is 1. The van der Waals surface area contributed by atoms with Crippen LogP contribution in [-0.2, 0) is 37.2 Å². The number of hydrogen-bond acceptors (Lipinski definition) is 6. The molecule has 0 radical (unpaired) electrons. The van der Waals surface area contributed by atoms with Crippen molar-refractivity contribution in [3.05, 3.63) is 64.3 Å². The zero-order valence-corrected chi connectivity index (χ0v) is 20.8. The summed E-state index contributed by atoms with van der Waals surface area (Å²) in [5.41, 5.74) is 8.28. The summed E-state index contributed by atoms with van der Waals surface area (Å²) in [5.74, 6) is 0.184. The van der Waals surface area contributed by atoms with E-state index < -0.39 is 17.4 Å². The molecule has 0 saturated heterocycles. The third-order valence-corrected chi connectivity index (χ3v) is 8.21. The average molecular weight is 526 g/mol. The normalized spacial score (nSPS) is 17.2. The number of aryl methyl sites for hydroxylation is 1. The van der Waals surface area contributed by atoms with E-state index in [-0.39, 0.29) is 17.6 Å². The number of hydrogen-bond donors (Lipinski definition) is 3. The van der Waals surface area contributed by atoms with Crippen molar-refractivity contribution in [3.8, 4) is 0 Å². The molecule has 0 aliphatic heterocycles. The first-order chi connectivity index (χ1) is 17.5. The van der Waals surface area contributed by atoms with Crippen LogP contribution in [0.2, 0.25) is 0 Å². The van der Waals surface area contributed by atoms with Gasteiger partial charge in [-0.15, -0.1) is 14.9 Å². The van der Waals surface area contributed by atoms with Gasteiger partial charge >= 0.3 is 6.03 Å². The number of benzene rings is 2. The number of aliphatic hydroxyl groups excluding tert-OH is 1. The van der Waals surface area contributed by atoms with Gasteiger partial charge in [0.1, 0.15) is 22.4 Å². The largest absolute Gasteiger partial charge is 0.586 e. The van der Waals surface area contributed by atoms with Gasteiger partial charge in [-0.25, -0.2) is 4.79 Å². The Kier molecular flexibility index (Phi) is 6.08. The lowest BCUT2D eigenvalue weighted by Gasteiger charge is -2.19. The Morgan fingerprint density at radius 3 is 2.97 bits per heavy atom. The maximum Gasteiger partial charge on any atom is 0.361 e. The van der Waals surface area contributed by atoms with Gasteiger partial charge in [-0.3, -0.25) is 4.68 Å². The molecule has 4 aromatic rings. The summed E-state index contributed by atoms with van der Waals surface area (Å²) < 4.78 is 17.9. The summed E-state index contributed by atoms with van der Waals surface area (Å²) in [6.45, 7) is 0.220. The SMILES string of the molecule is O=C(Nc1c2c(cc3c1CCC3c1ccc3c(c1)nnn3Cl)CCC2)N[S+]([O-])c1ccn(CCO)n1. The first-order valence-electron chi connectivity index (χ1n) is 11.8. The second-order valence-electron chi connectivity index (χ2n) is 9.07. The number of halogens is 1. The lowest BCUT2D eigenvalue weighted by molar-refractivity contribution is 0.256.